The normalized spacial score (nSPS) is 10.7. The Morgan fingerprint density at radius 1 is 0.724 bits per heavy atom. The summed E-state index contributed by atoms with van der Waals surface area (Å²) >= 11 is 0. The van der Waals surface area contributed by atoms with Crippen LogP contribution in [-0.2, 0) is 4.74 Å². The van der Waals surface area contributed by atoms with Crippen molar-refractivity contribution in [2.75, 3.05) is 20.8 Å². The van der Waals surface area contributed by atoms with Crippen LogP contribution in [0.5, 0.6) is 11.5 Å². The van der Waals surface area contributed by atoms with Crippen molar-refractivity contribution in [1.29, 1.82) is 0 Å². The van der Waals surface area contributed by atoms with E-state index in [1.54, 1.807) is 25.3 Å². The SMILES string of the molecule is CCCCCCCCCCCCCCCCOc1ccc(C(=O)OC)cc1OC. The van der Waals surface area contributed by atoms with Gasteiger partial charge in [-0.1, -0.05) is 90.4 Å². The lowest BCUT2D eigenvalue weighted by molar-refractivity contribution is 0.0600. The molecule has 0 bridgehead atoms. The minimum atomic E-state index is -0.373. The minimum Gasteiger partial charge on any atom is -0.493 e. The van der Waals surface area contributed by atoms with Crippen LogP contribution in [0.25, 0.3) is 0 Å². The van der Waals surface area contributed by atoms with Gasteiger partial charge in [-0.25, -0.2) is 4.79 Å². The van der Waals surface area contributed by atoms with Gasteiger partial charge in [-0.2, -0.15) is 0 Å². The Bertz CT molecular complexity index is 542. The second-order valence-electron chi connectivity index (χ2n) is 7.80. The molecule has 4 nitrogen and oxygen atoms in total. The standard InChI is InChI=1S/C25H42O4/c1-4-5-6-7-8-9-10-11-12-13-14-15-16-17-20-29-23-19-18-22(25(26)28-3)21-24(23)27-2/h18-19,21H,4-17,20H2,1-3H3. The maximum absolute atomic E-state index is 11.6. The smallest absolute Gasteiger partial charge is 0.337 e. The fourth-order valence-corrected chi connectivity index (χ4v) is 3.51. The van der Waals surface area contributed by atoms with Gasteiger partial charge >= 0.3 is 5.97 Å². The van der Waals surface area contributed by atoms with Crippen molar-refractivity contribution in [3.63, 3.8) is 0 Å². The lowest BCUT2D eigenvalue weighted by Gasteiger charge is -2.11. The number of benzene rings is 1. The van der Waals surface area contributed by atoms with Crippen LogP contribution in [0, 0.1) is 0 Å². The molecule has 4 heteroatoms. The van der Waals surface area contributed by atoms with Crippen LogP contribution in [0.1, 0.15) is 107 Å². The Morgan fingerprint density at radius 3 is 1.72 bits per heavy atom. The molecular weight excluding hydrogens is 364 g/mol. The summed E-state index contributed by atoms with van der Waals surface area (Å²) in [7, 11) is 2.95. The molecule has 0 atom stereocenters. The van der Waals surface area contributed by atoms with E-state index in [4.69, 9.17) is 14.2 Å². The monoisotopic (exact) mass is 406 g/mol. The first-order valence-corrected chi connectivity index (χ1v) is 11.6. The summed E-state index contributed by atoms with van der Waals surface area (Å²) in [5.74, 6) is 0.870. The number of carbonyl (C=O) groups is 1. The highest BCUT2D eigenvalue weighted by atomic mass is 16.5. The molecule has 0 aliphatic rings. The average Bonchev–Trinajstić information content (AvgIpc) is 2.75. The summed E-state index contributed by atoms with van der Waals surface area (Å²) in [5, 5.41) is 0. The van der Waals surface area contributed by atoms with Crippen LogP contribution >= 0.6 is 0 Å². The summed E-state index contributed by atoms with van der Waals surface area (Å²) in [6.45, 7) is 2.95. The highest BCUT2D eigenvalue weighted by Crippen LogP contribution is 2.28. The van der Waals surface area contributed by atoms with Gasteiger partial charge in [0.05, 0.1) is 26.4 Å². The zero-order chi connectivity index (χ0) is 21.2. The first-order chi connectivity index (χ1) is 14.2. The van der Waals surface area contributed by atoms with Gasteiger partial charge in [0.1, 0.15) is 0 Å². The van der Waals surface area contributed by atoms with E-state index in [-0.39, 0.29) is 5.97 Å². The number of hydrogen-bond acceptors (Lipinski definition) is 4. The predicted molar refractivity (Wildman–Crippen MR) is 120 cm³/mol. The van der Waals surface area contributed by atoms with Crippen LogP contribution < -0.4 is 9.47 Å². The Morgan fingerprint density at radius 2 is 1.24 bits per heavy atom. The second-order valence-corrected chi connectivity index (χ2v) is 7.80. The first-order valence-electron chi connectivity index (χ1n) is 11.6. The van der Waals surface area contributed by atoms with Crippen molar-refractivity contribution in [3.05, 3.63) is 23.8 Å². The van der Waals surface area contributed by atoms with Crippen LogP contribution in [0.3, 0.4) is 0 Å². The van der Waals surface area contributed by atoms with E-state index in [1.807, 2.05) is 0 Å². The maximum atomic E-state index is 11.6. The quantitative estimate of drug-likeness (QED) is 0.189. The van der Waals surface area contributed by atoms with Crippen molar-refractivity contribution >= 4 is 5.97 Å². The summed E-state index contributed by atoms with van der Waals surface area (Å²) in [4.78, 5) is 11.6. The molecule has 0 saturated carbocycles. The lowest BCUT2D eigenvalue weighted by Crippen LogP contribution is -2.04. The Kier molecular flexibility index (Phi) is 15.0. The maximum Gasteiger partial charge on any atom is 0.337 e. The molecule has 0 radical (unpaired) electrons. The van der Waals surface area contributed by atoms with Crippen molar-refractivity contribution < 1.29 is 19.0 Å². The molecule has 1 rings (SSSR count). The number of hydrogen-bond donors (Lipinski definition) is 0. The molecule has 166 valence electrons. The molecular formula is C25H42O4. The molecule has 1 aromatic rings. The van der Waals surface area contributed by atoms with Crippen molar-refractivity contribution in [3.8, 4) is 11.5 Å². The molecule has 0 N–H and O–H groups in total. The fourth-order valence-electron chi connectivity index (χ4n) is 3.51. The van der Waals surface area contributed by atoms with Gasteiger partial charge in [-0.3, -0.25) is 0 Å². The summed E-state index contributed by atoms with van der Waals surface area (Å²) in [6, 6.07) is 5.14. The van der Waals surface area contributed by atoms with Crippen LogP contribution in [-0.4, -0.2) is 26.8 Å². The van der Waals surface area contributed by atoms with E-state index in [0.717, 1.165) is 6.42 Å². The third-order valence-corrected chi connectivity index (χ3v) is 5.34. The molecule has 1 aromatic carbocycles. The third kappa shape index (κ3) is 11.8. The summed E-state index contributed by atoms with van der Waals surface area (Å²) < 4.78 is 15.9. The van der Waals surface area contributed by atoms with Crippen LogP contribution in [0.15, 0.2) is 18.2 Å². The van der Waals surface area contributed by atoms with Crippen LogP contribution in [0.4, 0.5) is 0 Å². The van der Waals surface area contributed by atoms with Crippen molar-refractivity contribution in [2.45, 2.75) is 96.8 Å². The van der Waals surface area contributed by atoms with E-state index in [9.17, 15) is 4.79 Å². The number of methoxy groups -OCH3 is 2. The van der Waals surface area contributed by atoms with Gasteiger partial charge in [0.2, 0.25) is 0 Å². The molecule has 0 heterocycles. The topological polar surface area (TPSA) is 44.8 Å². The van der Waals surface area contributed by atoms with Gasteiger partial charge in [0.25, 0.3) is 0 Å². The Labute approximate surface area is 178 Å². The molecule has 0 fully saturated rings. The Hall–Kier alpha value is -1.71. The molecule has 0 aliphatic heterocycles. The second kappa shape index (κ2) is 17.2. The largest absolute Gasteiger partial charge is 0.493 e. The molecule has 29 heavy (non-hydrogen) atoms. The molecule has 0 saturated heterocycles. The molecule has 0 unspecified atom stereocenters. The highest BCUT2D eigenvalue weighted by molar-refractivity contribution is 5.90. The van der Waals surface area contributed by atoms with E-state index in [0.29, 0.717) is 23.7 Å². The zero-order valence-corrected chi connectivity index (χ0v) is 19.0. The summed E-state index contributed by atoms with van der Waals surface area (Å²) in [6.07, 6.45) is 18.8. The number of rotatable bonds is 18. The first kappa shape index (κ1) is 25.3. The van der Waals surface area contributed by atoms with E-state index < -0.39 is 0 Å². The fraction of sp³-hybridized carbons (Fsp3) is 0.720. The van der Waals surface area contributed by atoms with Gasteiger partial charge in [0.15, 0.2) is 11.5 Å². The minimum absolute atomic E-state index is 0.373. The predicted octanol–water partition coefficient (Wildman–Crippen LogP) is 7.34. The van der Waals surface area contributed by atoms with Gasteiger partial charge in [-0.15, -0.1) is 0 Å². The van der Waals surface area contributed by atoms with Crippen molar-refractivity contribution in [2.24, 2.45) is 0 Å². The Balaban J connectivity index is 2.00. The van der Waals surface area contributed by atoms with E-state index in [1.165, 1.54) is 90.6 Å². The molecule has 0 aliphatic carbocycles. The third-order valence-electron chi connectivity index (χ3n) is 5.34. The zero-order valence-electron chi connectivity index (χ0n) is 19.0. The number of ether oxygens (including phenoxy) is 3. The average molecular weight is 407 g/mol. The van der Waals surface area contributed by atoms with Gasteiger partial charge < -0.3 is 14.2 Å². The van der Waals surface area contributed by atoms with Crippen LogP contribution in [0.2, 0.25) is 0 Å². The number of esters is 1. The van der Waals surface area contributed by atoms with Gasteiger partial charge in [-0.05, 0) is 24.6 Å². The number of unbranched alkanes of at least 4 members (excludes halogenated alkanes) is 13. The molecule has 0 amide bonds. The molecule has 0 aromatic heterocycles. The lowest BCUT2D eigenvalue weighted by atomic mass is 10.0. The van der Waals surface area contributed by atoms with E-state index in [2.05, 4.69) is 6.92 Å². The number of carbonyl (C=O) groups excluding carboxylic acids is 1. The highest BCUT2D eigenvalue weighted by Gasteiger charge is 2.11. The molecule has 0 spiro atoms. The van der Waals surface area contributed by atoms with Crippen molar-refractivity contribution in [1.82, 2.24) is 0 Å². The van der Waals surface area contributed by atoms with E-state index >= 15 is 0 Å². The summed E-state index contributed by atoms with van der Waals surface area (Å²) in [5.41, 5.74) is 0.466. The van der Waals surface area contributed by atoms with Gasteiger partial charge in [0, 0.05) is 0 Å².